The average molecular weight is 233 g/mol. The Hall–Kier alpha value is -0.770. The van der Waals surface area contributed by atoms with Gasteiger partial charge < -0.3 is 11.1 Å². The lowest BCUT2D eigenvalue weighted by molar-refractivity contribution is -0.120. The van der Waals surface area contributed by atoms with Crippen molar-refractivity contribution in [3.8, 4) is 0 Å². The lowest BCUT2D eigenvalue weighted by Gasteiger charge is -2.14. The van der Waals surface area contributed by atoms with Crippen LogP contribution in [0.25, 0.3) is 0 Å². The highest BCUT2D eigenvalue weighted by molar-refractivity contribution is 6.35. The maximum atomic E-state index is 11.0. The maximum Gasteiger partial charge on any atom is 0.239 e. The Kier molecular flexibility index (Phi) is 3.75. The van der Waals surface area contributed by atoms with E-state index in [2.05, 4.69) is 5.32 Å². The van der Waals surface area contributed by atoms with Crippen LogP contribution in [0.4, 0.5) is 0 Å². The van der Waals surface area contributed by atoms with Crippen molar-refractivity contribution < 1.29 is 4.79 Å². The first-order chi connectivity index (χ1) is 6.56. The van der Waals surface area contributed by atoms with Gasteiger partial charge in [0.1, 0.15) is 6.04 Å². The van der Waals surface area contributed by atoms with Gasteiger partial charge in [-0.05, 0) is 24.7 Å². The molecule has 0 fully saturated rings. The molecule has 76 valence electrons. The summed E-state index contributed by atoms with van der Waals surface area (Å²) in [7, 11) is 1.64. The van der Waals surface area contributed by atoms with E-state index in [1.807, 2.05) is 0 Å². The molecule has 0 heterocycles. The van der Waals surface area contributed by atoms with E-state index in [1.54, 1.807) is 25.2 Å². The summed E-state index contributed by atoms with van der Waals surface area (Å²) >= 11 is 11.6. The number of nitrogens with two attached hydrogens (primary N) is 1. The van der Waals surface area contributed by atoms with Crippen LogP contribution < -0.4 is 11.1 Å². The minimum atomic E-state index is -0.584. The van der Waals surface area contributed by atoms with Crippen LogP contribution >= 0.6 is 23.2 Å². The lowest BCUT2D eigenvalue weighted by atomic mass is 10.1. The number of nitrogens with one attached hydrogen (secondary N) is 1. The Labute approximate surface area is 92.2 Å². The molecule has 0 saturated carbocycles. The van der Waals surface area contributed by atoms with Crippen molar-refractivity contribution in [3.63, 3.8) is 0 Å². The van der Waals surface area contributed by atoms with Crippen LogP contribution in [0, 0.1) is 0 Å². The average Bonchev–Trinajstić information content (AvgIpc) is 2.09. The van der Waals surface area contributed by atoms with E-state index in [0.29, 0.717) is 15.6 Å². The lowest BCUT2D eigenvalue weighted by Crippen LogP contribution is -2.31. The predicted molar refractivity (Wildman–Crippen MR) is 57.5 cm³/mol. The third-order valence-electron chi connectivity index (χ3n) is 1.85. The van der Waals surface area contributed by atoms with Gasteiger partial charge in [-0.2, -0.15) is 0 Å². The number of benzene rings is 1. The van der Waals surface area contributed by atoms with Gasteiger partial charge in [-0.3, -0.25) is 4.79 Å². The molecule has 0 aromatic heterocycles. The molecule has 3 N–H and O–H groups in total. The van der Waals surface area contributed by atoms with Crippen LogP contribution in [0.15, 0.2) is 18.2 Å². The number of carbonyl (C=O) groups is 1. The van der Waals surface area contributed by atoms with Gasteiger partial charge in [0.25, 0.3) is 0 Å². The first kappa shape index (κ1) is 11.3. The summed E-state index contributed by atoms with van der Waals surface area (Å²) < 4.78 is 0. The molecular formula is C9H10Cl2N2O. The third-order valence-corrected chi connectivity index (χ3v) is 2.41. The second kappa shape index (κ2) is 4.64. The molecule has 1 atom stereocenters. The molecule has 0 radical (unpaired) electrons. The van der Waals surface area contributed by atoms with Crippen LogP contribution in [0.5, 0.6) is 0 Å². The summed E-state index contributed by atoms with van der Waals surface area (Å²) in [5.41, 5.74) is 5.82. The number of amides is 1. The summed E-state index contributed by atoms with van der Waals surface area (Å²) in [6, 6.07) is 4.33. The summed E-state index contributed by atoms with van der Waals surface area (Å²) in [5.74, 6) is -0.475. The molecule has 5 heteroatoms. The molecule has 1 aromatic rings. The fraction of sp³-hybridized carbons (Fsp3) is 0.222. The number of halogens is 2. The van der Waals surface area contributed by atoms with E-state index in [1.165, 1.54) is 0 Å². The van der Waals surface area contributed by atoms with Crippen molar-refractivity contribution in [1.29, 1.82) is 0 Å². The fourth-order valence-electron chi connectivity index (χ4n) is 1.19. The molecule has 0 aliphatic carbocycles. The number of primary amides is 1. The zero-order valence-electron chi connectivity index (χ0n) is 7.55. The zero-order chi connectivity index (χ0) is 10.7. The standard InChI is InChI=1S/C9H10Cl2N2O/c1-13-8(9(12)14)6-3-2-5(10)4-7(6)11/h2-4,8,13H,1H3,(H2,12,14)/t8-/m1/s1. The largest absolute Gasteiger partial charge is 0.368 e. The fourth-order valence-corrected chi connectivity index (χ4v) is 1.70. The highest BCUT2D eigenvalue weighted by Gasteiger charge is 2.18. The van der Waals surface area contributed by atoms with Gasteiger partial charge in [-0.25, -0.2) is 0 Å². The van der Waals surface area contributed by atoms with Gasteiger partial charge in [-0.15, -0.1) is 0 Å². The monoisotopic (exact) mass is 232 g/mol. The van der Waals surface area contributed by atoms with Crippen molar-refractivity contribution in [2.45, 2.75) is 6.04 Å². The summed E-state index contributed by atoms with van der Waals surface area (Å²) in [6.07, 6.45) is 0. The number of likely N-dealkylation sites (N-methyl/N-ethyl adjacent to an activating group) is 1. The Morgan fingerprint density at radius 3 is 2.57 bits per heavy atom. The summed E-state index contributed by atoms with van der Waals surface area (Å²) in [6.45, 7) is 0. The number of hydrogen-bond acceptors (Lipinski definition) is 2. The minimum absolute atomic E-state index is 0.427. The molecule has 1 aromatic carbocycles. The van der Waals surface area contributed by atoms with Crippen LogP contribution in [0.2, 0.25) is 10.0 Å². The maximum absolute atomic E-state index is 11.0. The van der Waals surface area contributed by atoms with Gasteiger partial charge in [0, 0.05) is 10.0 Å². The van der Waals surface area contributed by atoms with Gasteiger partial charge in [0.15, 0.2) is 0 Å². The Morgan fingerprint density at radius 1 is 1.50 bits per heavy atom. The van der Waals surface area contributed by atoms with Crippen LogP contribution in [-0.2, 0) is 4.79 Å². The molecule has 1 amide bonds. The first-order valence-corrected chi connectivity index (χ1v) is 4.73. The van der Waals surface area contributed by atoms with Crippen molar-refractivity contribution in [1.82, 2.24) is 5.32 Å². The Morgan fingerprint density at radius 2 is 2.14 bits per heavy atom. The van der Waals surface area contributed by atoms with Crippen molar-refractivity contribution in [3.05, 3.63) is 33.8 Å². The van der Waals surface area contributed by atoms with E-state index in [-0.39, 0.29) is 0 Å². The van der Waals surface area contributed by atoms with Crippen molar-refractivity contribution in [2.75, 3.05) is 7.05 Å². The van der Waals surface area contributed by atoms with Gasteiger partial charge in [0.2, 0.25) is 5.91 Å². The first-order valence-electron chi connectivity index (χ1n) is 3.97. The van der Waals surface area contributed by atoms with E-state index in [9.17, 15) is 4.79 Å². The summed E-state index contributed by atoms with van der Waals surface area (Å²) in [5, 5.41) is 3.73. The molecule has 1 rings (SSSR count). The number of rotatable bonds is 3. The van der Waals surface area contributed by atoms with E-state index in [0.717, 1.165) is 0 Å². The van der Waals surface area contributed by atoms with Crippen LogP contribution in [0.1, 0.15) is 11.6 Å². The molecule has 3 nitrogen and oxygen atoms in total. The van der Waals surface area contributed by atoms with Crippen LogP contribution in [0.3, 0.4) is 0 Å². The van der Waals surface area contributed by atoms with Crippen molar-refractivity contribution in [2.24, 2.45) is 5.73 Å². The molecular weight excluding hydrogens is 223 g/mol. The van der Waals surface area contributed by atoms with E-state index >= 15 is 0 Å². The second-order valence-electron chi connectivity index (χ2n) is 2.79. The summed E-state index contributed by atoms with van der Waals surface area (Å²) in [4.78, 5) is 11.0. The zero-order valence-corrected chi connectivity index (χ0v) is 9.06. The van der Waals surface area contributed by atoms with E-state index < -0.39 is 11.9 Å². The topological polar surface area (TPSA) is 55.1 Å². The molecule has 0 saturated heterocycles. The predicted octanol–water partition coefficient (Wildman–Crippen LogP) is 1.74. The Bertz CT molecular complexity index is 355. The molecule has 14 heavy (non-hydrogen) atoms. The minimum Gasteiger partial charge on any atom is -0.368 e. The molecule has 0 spiro atoms. The molecule has 0 bridgehead atoms. The van der Waals surface area contributed by atoms with Gasteiger partial charge in [-0.1, -0.05) is 29.3 Å². The van der Waals surface area contributed by atoms with Crippen molar-refractivity contribution >= 4 is 29.1 Å². The van der Waals surface area contributed by atoms with Gasteiger partial charge in [0.05, 0.1) is 0 Å². The van der Waals surface area contributed by atoms with Crippen LogP contribution in [-0.4, -0.2) is 13.0 Å². The highest BCUT2D eigenvalue weighted by Crippen LogP contribution is 2.25. The third kappa shape index (κ3) is 2.38. The SMILES string of the molecule is CN[C@@H](C(N)=O)c1ccc(Cl)cc1Cl. The number of carbonyl (C=O) groups excluding carboxylic acids is 1. The smallest absolute Gasteiger partial charge is 0.239 e. The second-order valence-corrected chi connectivity index (χ2v) is 3.63. The van der Waals surface area contributed by atoms with Gasteiger partial charge >= 0.3 is 0 Å². The Balaban J connectivity index is 3.10. The molecule has 0 aliphatic heterocycles. The molecule has 0 aliphatic rings. The molecule has 0 unspecified atom stereocenters. The highest BCUT2D eigenvalue weighted by atomic mass is 35.5. The normalized spacial score (nSPS) is 12.5. The number of hydrogen-bond donors (Lipinski definition) is 2. The quantitative estimate of drug-likeness (QED) is 0.835. The van der Waals surface area contributed by atoms with E-state index in [4.69, 9.17) is 28.9 Å².